The van der Waals surface area contributed by atoms with Gasteiger partial charge in [-0.1, -0.05) is 0 Å². The zero-order valence-electron chi connectivity index (χ0n) is 4.80. The molecule has 0 aromatic rings. The maximum Gasteiger partial charge on any atom is 0.111 e. The highest BCUT2D eigenvalue weighted by Gasteiger charge is 2.10. The second-order valence-electron chi connectivity index (χ2n) is 2.05. The first-order valence-electron chi connectivity index (χ1n) is 2.99. The van der Waals surface area contributed by atoms with E-state index in [4.69, 9.17) is 5.26 Å². The number of piperidine rings is 1. The Morgan fingerprint density at radius 1 is 1.50 bits per heavy atom. The smallest absolute Gasteiger partial charge is 0.111 e. The first-order chi connectivity index (χ1) is 3.93. The number of hydrogen-bond donors (Lipinski definition) is 0. The third kappa shape index (κ3) is 1.21. The molecule has 43 valence electrons. The maximum absolute atomic E-state index is 8.35. The maximum atomic E-state index is 8.35. The zero-order valence-corrected chi connectivity index (χ0v) is 4.80. The molecule has 1 radical (unpaired) electrons. The summed E-state index contributed by atoms with van der Waals surface area (Å²) in [7, 11) is 0. The van der Waals surface area contributed by atoms with E-state index in [-0.39, 0.29) is 6.04 Å². The van der Waals surface area contributed by atoms with E-state index in [1.54, 1.807) is 0 Å². The zero-order chi connectivity index (χ0) is 5.82. The average molecular weight is 109 g/mol. The highest BCUT2D eigenvalue weighted by atomic mass is 14.9. The molecule has 0 aliphatic carbocycles. The average Bonchev–Trinajstić information content (AvgIpc) is 1.90. The van der Waals surface area contributed by atoms with Gasteiger partial charge in [0.25, 0.3) is 0 Å². The highest BCUT2D eigenvalue weighted by molar-refractivity contribution is 4.90. The van der Waals surface area contributed by atoms with Gasteiger partial charge in [0.15, 0.2) is 0 Å². The van der Waals surface area contributed by atoms with Crippen LogP contribution in [0.15, 0.2) is 0 Å². The third-order valence-corrected chi connectivity index (χ3v) is 1.38. The van der Waals surface area contributed by atoms with E-state index in [2.05, 4.69) is 11.4 Å². The molecule has 8 heavy (non-hydrogen) atoms. The van der Waals surface area contributed by atoms with E-state index in [1.165, 1.54) is 12.8 Å². The van der Waals surface area contributed by atoms with Crippen molar-refractivity contribution in [2.75, 3.05) is 6.54 Å². The van der Waals surface area contributed by atoms with Crippen molar-refractivity contribution in [3.63, 3.8) is 0 Å². The van der Waals surface area contributed by atoms with E-state index < -0.39 is 0 Å². The second-order valence-corrected chi connectivity index (χ2v) is 2.05. The van der Waals surface area contributed by atoms with Gasteiger partial charge in [-0.2, -0.15) is 5.26 Å². The van der Waals surface area contributed by atoms with Gasteiger partial charge in [-0.3, -0.25) is 0 Å². The van der Waals surface area contributed by atoms with Gasteiger partial charge in [-0.15, -0.1) is 0 Å². The molecule has 0 aromatic heterocycles. The van der Waals surface area contributed by atoms with Crippen LogP contribution in [0.3, 0.4) is 0 Å². The van der Waals surface area contributed by atoms with E-state index >= 15 is 0 Å². The fourth-order valence-electron chi connectivity index (χ4n) is 0.893. The molecule has 0 N–H and O–H groups in total. The Balaban J connectivity index is 2.25. The molecule has 1 fully saturated rings. The predicted octanol–water partition coefficient (Wildman–Crippen LogP) is 0.667. The summed E-state index contributed by atoms with van der Waals surface area (Å²) >= 11 is 0. The molecule has 1 aliphatic heterocycles. The first kappa shape index (κ1) is 5.58. The topological polar surface area (TPSA) is 37.9 Å². The van der Waals surface area contributed by atoms with E-state index in [1.807, 2.05) is 0 Å². The summed E-state index contributed by atoms with van der Waals surface area (Å²) in [6.07, 6.45) is 3.34. The summed E-state index contributed by atoms with van der Waals surface area (Å²) in [5.41, 5.74) is 0. The lowest BCUT2D eigenvalue weighted by atomic mass is 10.1. The first-order valence-corrected chi connectivity index (χ1v) is 2.99. The van der Waals surface area contributed by atoms with Crippen LogP contribution in [-0.2, 0) is 0 Å². The van der Waals surface area contributed by atoms with Gasteiger partial charge in [0.1, 0.15) is 6.04 Å². The molecule has 0 amide bonds. The van der Waals surface area contributed by atoms with Crippen LogP contribution in [0.4, 0.5) is 0 Å². The van der Waals surface area contributed by atoms with Crippen LogP contribution in [0, 0.1) is 11.3 Å². The van der Waals surface area contributed by atoms with Crippen LogP contribution in [0.2, 0.25) is 0 Å². The minimum absolute atomic E-state index is 0.0174. The standard InChI is InChI=1S/C6H9N2/c7-5-6-3-1-2-4-8-6/h6H,1-4H2. The van der Waals surface area contributed by atoms with Crippen molar-refractivity contribution in [3.8, 4) is 6.07 Å². The van der Waals surface area contributed by atoms with Crippen molar-refractivity contribution >= 4 is 0 Å². The van der Waals surface area contributed by atoms with Gasteiger partial charge < -0.3 is 0 Å². The summed E-state index contributed by atoms with van der Waals surface area (Å²) in [4.78, 5) is 0. The molecule has 1 atom stereocenters. The van der Waals surface area contributed by atoms with Crippen LogP contribution in [0.5, 0.6) is 0 Å². The van der Waals surface area contributed by atoms with Gasteiger partial charge in [0, 0.05) is 6.54 Å². The van der Waals surface area contributed by atoms with Crippen molar-refractivity contribution in [3.05, 3.63) is 0 Å². The minimum atomic E-state index is 0.0174. The molecule has 1 unspecified atom stereocenters. The van der Waals surface area contributed by atoms with E-state index in [9.17, 15) is 0 Å². The Labute approximate surface area is 49.5 Å². The van der Waals surface area contributed by atoms with E-state index in [0.29, 0.717) is 0 Å². The normalized spacial score (nSPS) is 29.1. The lowest BCUT2D eigenvalue weighted by molar-refractivity contribution is 0.452. The SMILES string of the molecule is N#CC1CCCC[N]1. The van der Waals surface area contributed by atoms with Crippen molar-refractivity contribution in [1.82, 2.24) is 5.32 Å². The Morgan fingerprint density at radius 3 is 2.75 bits per heavy atom. The molecule has 1 rings (SSSR count). The quantitative estimate of drug-likeness (QED) is 0.450. The number of hydrogen-bond acceptors (Lipinski definition) is 1. The Hall–Kier alpha value is -0.550. The monoisotopic (exact) mass is 109 g/mol. The Kier molecular flexibility index (Phi) is 1.87. The van der Waals surface area contributed by atoms with Gasteiger partial charge in [0.2, 0.25) is 0 Å². The van der Waals surface area contributed by atoms with Crippen molar-refractivity contribution in [1.29, 1.82) is 5.26 Å². The Bertz CT molecular complexity index is 97.6. The highest BCUT2D eigenvalue weighted by Crippen LogP contribution is 2.06. The fraction of sp³-hybridized carbons (Fsp3) is 0.833. The fourth-order valence-corrected chi connectivity index (χ4v) is 0.893. The number of rotatable bonds is 0. The van der Waals surface area contributed by atoms with E-state index in [0.717, 1.165) is 13.0 Å². The van der Waals surface area contributed by atoms with Crippen LogP contribution in [0.25, 0.3) is 0 Å². The summed E-state index contributed by atoms with van der Waals surface area (Å²) in [6, 6.07) is 2.15. The molecule has 2 nitrogen and oxygen atoms in total. The number of nitriles is 1. The van der Waals surface area contributed by atoms with Gasteiger partial charge >= 0.3 is 0 Å². The molecular formula is C6H9N2. The van der Waals surface area contributed by atoms with Crippen LogP contribution in [0.1, 0.15) is 19.3 Å². The molecular weight excluding hydrogens is 100 g/mol. The predicted molar refractivity (Wildman–Crippen MR) is 30.3 cm³/mol. The van der Waals surface area contributed by atoms with Gasteiger partial charge in [0.05, 0.1) is 6.07 Å². The third-order valence-electron chi connectivity index (χ3n) is 1.38. The lowest BCUT2D eigenvalue weighted by Crippen LogP contribution is -2.25. The summed E-state index contributed by atoms with van der Waals surface area (Å²) in [5, 5.41) is 12.4. The second kappa shape index (κ2) is 2.68. The molecule has 0 aromatic carbocycles. The van der Waals surface area contributed by atoms with Crippen LogP contribution >= 0.6 is 0 Å². The Morgan fingerprint density at radius 2 is 2.38 bits per heavy atom. The summed E-state index contributed by atoms with van der Waals surface area (Å²) < 4.78 is 0. The summed E-state index contributed by atoms with van der Waals surface area (Å²) in [5.74, 6) is 0. The van der Waals surface area contributed by atoms with Crippen LogP contribution < -0.4 is 5.32 Å². The molecule has 2 heteroatoms. The van der Waals surface area contributed by atoms with Gasteiger partial charge in [-0.25, -0.2) is 5.32 Å². The molecule has 1 saturated heterocycles. The number of nitrogens with zero attached hydrogens (tertiary/aromatic N) is 2. The van der Waals surface area contributed by atoms with Crippen molar-refractivity contribution in [2.45, 2.75) is 25.3 Å². The minimum Gasteiger partial charge on any atom is -0.223 e. The lowest BCUT2D eigenvalue weighted by Gasteiger charge is -2.13. The molecule has 0 saturated carbocycles. The molecule has 1 aliphatic rings. The largest absolute Gasteiger partial charge is 0.223 e. The summed E-state index contributed by atoms with van der Waals surface area (Å²) in [6.45, 7) is 0.901. The molecule has 0 bridgehead atoms. The van der Waals surface area contributed by atoms with Gasteiger partial charge in [-0.05, 0) is 19.3 Å². The van der Waals surface area contributed by atoms with Crippen molar-refractivity contribution < 1.29 is 0 Å². The van der Waals surface area contributed by atoms with Crippen LogP contribution in [-0.4, -0.2) is 12.6 Å². The molecule has 1 heterocycles. The van der Waals surface area contributed by atoms with Crippen molar-refractivity contribution in [2.24, 2.45) is 0 Å². The molecule has 0 spiro atoms.